The largest absolute Gasteiger partial charge is 0.324 e. The molecular formula is C17H22N6S. The molecule has 3 aromatic rings. The van der Waals surface area contributed by atoms with Crippen LogP contribution >= 0.6 is 11.3 Å². The topological polar surface area (TPSA) is 60.6 Å². The second-order valence-corrected chi connectivity index (χ2v) is 7.33. The molecule has 4 rings (SSSR count). The Morgan fingerprint density at radius 3 is 3.12 bits per heavy atom. The number of imidazole rings is 1. The molecule has 126 valence electrons. The maximum Gasteiger partial charge on any atom is 0.160 e. The fourth-order valence-electron chi connectivity index (χ4n) is 3.08. The van der Waals surface area contributed by atoms with Gasteiger partial charge in [0.2, 0.25) is 0 Å². The third-order valence-corrected chi connectivity index (χ3v) is 5.53. The van der Waals surface area contributed by atoms with Crippen molar-refractivity contribution in [1.29, 1.82) is 0 Å². The molecule has 6 nitrogen and oxygen atoms in total. The Morgan fingerprint density at radius 2 is 2.29 bits per heavy atom. The van der Waals surface area contributed by atoms with Crippen LogP contribution in [0.5, 0.6) is 0 Å². The van der Waals surface area contributed by atoms with E-state index in [2.05, 4.69) is 39.5 Å². The van der Waals surface area contributed by atoms with E-state index >= 15 is 0 Å². The third-order valence-electron chi connectivity index (χ3n) is 4.33. The fraction of sp³-hybridized carbons (Fsp3) is 0.471. The zero-order valence-electron chi connectivity index (χ0n) is 14.1. The Bertz CT molecular complexity index is 820. The first-order valence-electron chi connectivity index (χ1n) is 8.48. The van der Waals surface area contributed by atoms with Crippen LogP contribution in [0.3, 0.4) is 0 Å². The van der Waals surface area contributed by atoms with Crippen molar-refractivity contribution >= 4 is 11.3 Å². The van der Waals surface area contributed by atoms with Crippen LogP contribution in [0, 0.1) is 6.92 Å². The number of thiazole rings is 1. The number of aryl methyl sites for hydroxylation is 2. The van der Waals surface area contributed by atoms with Crippen LogP contribution in [-0.2, 0) is 26.1 Å². The van der Waals surface area contributed by atoms with Crippen molar-refractivity contribution in [3.63, 3.8) is 0 Å². The molecule has 0 aromatic carbocycles. The lowest BCUT2D eigenvalue weighted by molar-refractivity contribution is 0.476. The molecule has 7 heteroatoms. The van der Waals surface area contributed by atoms with Gasteiger partial charge < -0.3 is 9.88 Å². The second-order valence-electron chi connectivity index (χ2n) is 6.17. The van der Waals surface area contributed by atoms with Crippen LogP contribution in [0.1, 0.15) is 34.6 Å². The molecule has 1 aliphatic rings. The summed E-state index contributed by atoms with van der Waals surface area (Å²) in [4.78, 5) is 10.6. The van der Waals surface area contributed by atoms with Gasteiger partial charge in [0.25, 0.3) is 0 Å². The highest BCUT2D eigenvalue weighted by Crippen LogP contribution is 2.24. The lowest BCUT2D eigenvalue weighted by Crippen LogP contribution is -2.28. The maximum atomic E-state index is 4.73. The average Bonchev–Trinajstić information content (AvgIpc) is 3.27. The number of hydrogen-bond donors (Lipinski definition) is 1. The van der Waals surface area contributed by atoms with E-state index in [0.717, 1.165) is 56.2 Å². The average molecular weight is 342 g/mol. The summed E-state index contributed by atoms with van der Waals surface area (Å²) in [5.41, 5.74) is 3.32. The Kier molecular flexibility index (Phi) is 4.20. The van der Waals surface area contributed by atoms with E-state index in [4.69, 9.17) is 10.1 Å². The molecule has 0 saturated carbocycles. The van der Waals surface area contributed by atoms with Crippen LogP contribution < -0.4 is 5.32 Å². The molecule has 1 aliphatic heterocycles. The van der Waals surface area contributed by atoms with Gasteiger partial charge in [-0.2, -0.15) is 5.10 Å². The van der Waals surface area contributed by atoms with Gasteiger partial charge in [-0.3, -0.25) is 4.68 Å². The summed E-state index contributed by atoms with van der Waals surface area (Å²) in [7, 11) is 0. The molecule has 0 spiro atoms. The van der Waals surface area contributed by atoms with E-state index in [1.54, 1.807) is 0 Å². The van der Waals surface area contributed by atoms with Gasteiger partial charge >= 0.3 is 0 Å². The summed E-state index contributed by atoms with van der Waals surface area (Å²) in [6, 6.07) is 2.15. The molecule has 0 radical (unpaired) electrons. The SMILES string of the molecule is CCCc1nc(C)c(Cn2ccnc2-c2cc3n(n2)CCNC3)s1. The van der Waals surface area contributed by atoms with Crippen LogP contribution in [-0.4, -0.2) is 30.9 Å². The van der Waals surface area contributed by atoms with Crippen molar-refractivity contribution in [3.8, 4) is 11.5 Å². The summed E-state index contributed by atoms with van der Waals surface area (Å²) in [6.07, 6.45) is 6.08. The Morgan fingerprint density at radius 1 is 1.38 bits per heavy atom. The Balaban J connectivity index is 1.62. The minimum absolute atomic E-state index is 0.809. The molecule has 0 atom stereocenters. The molecule has 0 bridgehead atoms. The number of nitrogens with zero attached hydrogens (tertiary/aromatic N) is 5. The molecule has 24 heavy (non-hydrogen) atoms. The van der Waals surface area contributed by atoms with Crippen molar-refractivity contribution in [3.05, 3.63) is 39.7 Å². The fourth-order valence-corrected chi connectivity index (χ4v) is 4.25. The highest BCUT2D eigenvalue weighted by molar-refractivity contribution is 7.11. The minimum atomic E-state index is 0.809. The minimum Gasteiger partial charge on any atom is -0.324 e. The number of fused-ring (bicyclic) bond motifs is 1. The van der Waals surface area contributed by atoms with Gasteiger partial charge in [-0.1, -0.05) is 6.92 Å². The highest BCUT2D eigenvalue weighted by atomic mass is 32.1. The third kappa shape index (κ3) is 2.89. The Hall–Kier alpha value is -1.99. The van der Waals surface area contributed by atoms with Gasteiger partial charge in [0.15, 0.2) is 5.82 Å². The van der Waals surface area contributed by atoms with Crippen LogP contribution in [0.25, 0.3) is 11.5 Å². The smallest absolute Gasteiger partial charge is 0.160 e. The molecule has 1 N–H and O–H groups in total. The zero-order chi connectivity index (χ0) is 16.5. The molecule has 0 saturated heterocycles. The van der Waals surface area contributed by atoms with Gasteiger partial charge in [-0.15, -0.1) is 11.3 Å². The summed E-state index contributed by atoms with van der Waals surface area (Å²) >= 11 is 1.82. The predicted octanol–water partition coefficient (Wildman–Crippen LogP) is 2.62. The van der Waals surface area contributed by atoms with Gasteiger partial charge in [0.1, 0.15) is 5.69 Å². The van der Waals surface area contributed by atoms with E-state index in [1.807, 2.05) is 23.7 Å². The van der Waals surface area contributed by atoms with Gasteiger partial charge in [-0.05, 0) is 25.8 Å². The summed E-state index contributed by atoms with van der Waals surface area (Å²) in [5.74, 6) is 0.932. The van der Waals surface area contributed by atoms with Gasteiger partial charge in [-0.25, -0.2) is 9.97 Å². The molecular weight excluding hydrogens is 320 g/mol. The molecule has 0 fully saturated rings. The maximum absolute atomic E-state index is 4.73. The van der Waals surface area contributed by atoms with Crippen molar-refractivity contribution < 1.29 is 0 Å². The summed E-state index contributed by atoms with van der Waals surface area (Å²) < 4.78 is 4.26. The Labute approximate surface area is 145 Å². The first kappa shape index (κ1) is 15.5. The lowest BCUT2D eigenvalue weighted by Gasteiger charge is -2.13. The second kappa shape index (κ2) is 6.49. The van der Waals surface area contributed by atoms with Crippen molar-refractivity contribution in [1.82, 2.24) is 29.6 Å². The summed E-state index contributed by atoms with van der Waals surface area (Å²) in [6.45, 7) is 7.88. The number of hydrogen-bond acceptors (Lipinski definition) is 5. The summed E-state index contributed by atoms with van der Waals surface area (Å²) in [5, 5.41) is 9.35. The van der Waals surface area contributed by atoms with Crippen molar-refractivity contribution in [2.24, 2.45) is 0 Å². The highest BCUT2D eigenvalue weighted by Gasteiger charge is 2.17. The quantitative estimate of drug-likeness (QED) is 0.774. The van der Waals surface area contributed by atoms with E-state index < -0.39 is 0 Å². The van der Waals surface area contributed by atoms with E-state index in [-0.39, 0.29) is 0 Å². The molecule has 0 aliphatic carbocycles. The molecule has 3 aromatic heterocycles. The van der Waals surface area contributed by atoms with Crippen molar-refractivity contribution in [2.45, 2.75) is 46.3 Å². The number of rotatable bonds is 5. The van der Waals surface area contributed by atoms with E-state index in [9.17, 15) is 0 Å². The van der Waals surface area contributed by atoms with Crippen LogP contribution in [0.2, 0.25) is 0 Å². The normalized spacial score (nSPS) is 14.1. The van der Waals surface area contributed by atoms with Gasteiger partial charge in [0, 0.05) is 30.4 Å². The molecule has 0 amide bonds. The first-order valence-corrected chi connectivity index (χ1v) is 9.30. The van der Waals surface area contributed by atoms with Gasteiger partial charge in [0.05, 0.1) is 29.5 Å². The molecule has 4 heterocycles. The van der Waals surface area contributed by atoms with E-state index in [1.165, 1.54) is 15.6 Å². The molecule has 0 unspecified atom stereocenters. The van der Waals surface area contributed by atoms with Crippen LogP contribution in [0.15, 0.2) is 18.5 Å². The predicted molar refractivity (Wildman–Crippen MR) is 95.1 cm³/mol. The van der Waals surface area contributed by atoms with E-state index in [0.29, 0.717) is 0 Å². The first-order chi connectivity index (χ1) is 11.7. The lowest BCUT2D eigenvalue weighted by atomic mass is 10.3. The number of aromatic nitrogens is 5. The van der Waals surface area contributed by atoms with Crippen molar-refractivity contribution in [2.75, 3.05) is 6.54 Å². The zero-order valence-corrected chi connectivity index (χ0v) is 14.9. The standard InChI is InChI=1S/C17H22N6S/c1-3-4-16-20-12(2)15(24-16)11-22-7-6-19-17(22)14-9-13-10-18-5-8-23(13)21-14/h6-7,9,18H,3-5,8,10-11H2,1-2H3. The van der Waals surface area contributed by atoms with Crippen LogP contribution in [0.4, 0.5) is 0 Å². The monoisotopic (exact) mass is 342 g/mol. The number of nitrogens with one attached hydrogen (secondary N) is 1.